The van der Waals surface area contributed by atoms with E-state index in [2.05, 4.69) is 27.3 Å². The highest BCUT2D eigenvalue weighted by atomic mass is 32.1. The zero-order chi connectivity index (χ0) is 23.8. The summed E-state index contributed by atoms with van der Waals surface area (Å²) in [6.45, 7) is 6.04. The number of methoxy groups -OCH3 is 1. The summed E-state index contributed by atoms with van der Waals surface area (Å²) in [5.74, 6) is 1.59. The molecule has 1 atom stereocenters. The first-order valence-corrected chi connectivity index (χ1v) is 12.3. The van der Waals surface area contributed by atoms with E-state index in [9.17, 15) is 4.79 Å². The first-order chi connectivity index (χ1) is 16.6. The van der Waals surface area contributed by atoms with Crippen LogP contribution in [0.1, 0.15) is 27.9 Å². The van der Waals surface area contributed by atoms with Crippen LogP contribution in [0.2, 0.25) is 0 Å². The molecule has 7 nitrogen and oxygen atoms in total. The largest absolute Gasteiger partial charge is 0.497 e. The van der Waals surface area contributed by atoms with Gasteiger partial charge >= 0.3 is 0 Å². The number of carbonyl (C=O) groups is 1. The summed E-state index contributed by atoms with van der Waals surface area (Å²) in [4.78, 5) is 19.6. The summed E-state index contributed by atoms with van der Waals surface area (Å²) in [6.07, 6.45) is 0.249. The third kappa shape index (κ3) is 6.79. The van der Waals surface area contributed by atoms with Crippen molar-refractivity contribution in [2.45, 2.75) is 26.0 Å². The lowest BCUT2D eigenvalue weighted by Gasteiger charge is -2.35. The van der Waals surface area contributed by atoms with Crippen molar-refractivity contribution in [1.29, 1.82) is 0 Å². The Morgan fingerprint density at radius 3 is 2.53 bits per heavy atom. The molecule has 0 aliphatic carbocycles. The second-order valence-electron chi connectivity index (χ2n) is 8.25. The van der Waals surface area contributed by atoms with Crippen molar-refractivity contribution < 1.29 is 19.0 Å². The fraction of sp³-hybridized carbons (Fsp3) is 0.385. The van der Waals surface area contributed by atoms with E-state index < -0.39 is 0 Å². The van der Waals surface area contributed by atoms with Gasteiger partial charge in [-0.3, -0.25) is 9.69 Å². The Bertz CT molecular complexity index is 1050. The van der Waals surface area contributed by atoms with Crippen molar-refractivity contribution in [2.75, 3.05) is 40.0 Å². The van der Waals surface area contributed by atoms with E-state index in [4.69, 9.17) is 14.2 Å². The average Bonchev–Trinajstić information content (AvgIpc) is 3.32. The lowest BCUT2D eigenvalue weighted by molar-refractivity contribution is -0.120. The Kier molecular flexibility index (Phi) is 8.51. The molecule has 1 amide bonds. The molecule has 0 bridgehead atoms. The number of thiazole rings is 1. The van der Waals surface area contributed by atoms with Gasteiger partial charge in [-0.25, -0.2) is 4.98 Å². The summed E-state index contributed by atoms with van der Waals surface area (Å²) < 4.78 is 16.6. The number of carbonyl (C=O) groups excluding carboxylic acids is 1. The lowest BCUT2D eigenvalue weighted by Crippen LogP contribution is -2.44. The summed E-state index contributed by atoms with van der Waals surface area (Å²) in [6, 6.07) is 16.0. The number of ether oxygens (including phenoxy) is 3. The van der Waals surface area contributed by atoms with Gasteiger partial charge in [0.25, 0.3) is 0 Å². The van der Waals surface area contributed by atoms with Gasteiger partial charge in [0.2, 0.25) is 5.91 Å². The van der Waals surface area contributed by atoms with Gasteiger partial charge in [-0.1, -0.05) is 29.8 Å². The van der Waals surface area contributed by atoms with Crippen molar-refractivity contribution >= 4 is 17.2 Å². The Labute approximate surface area is 204 Å². The Morgan fingerprint density at radius 2 is 1.82 bits per heavy atom. The maximum absolute atomic E-state index is 12.7. The van der Waals surface area contributed by atoms with Crippen LogP contribution >= 0.6 is 11.3 Å². The molecule has 0 saturated carbocycles. The van der Waals surface area contributed by atoms with Gasteiger partial charge in [-0.05, 0) is 36.8 Å². The minimum absolute atomic E-state index is 0.0388. The maximum Gasteiger partial charge on any atom is 0.226 e. The number of morpholine rings is 1. The van der Waals surface area contributed by atoms with Crippen LogP contribution in [0.5, 0.6) is 11.5 Å². The van der Waals surface area contributed by atoms with Gasteiger partial charge in [0, 0.05) is 25.0 Å². The molecular formula is C26H31N3O4S. The minimum atomic E-state index is -0.0388. The maximum atomic E-state index is 12.7. The fourth-order valence-corrected chi connectivity index (χ4v) is 4.59. The Balaban J connectivity index is 1.31. The van der Waals surface area contributed by atoms with Crippen molar-refractivity contribution in [2.24, 2.45) is 0 Å². The molecule has 1 unspecified atom stereocenters. The normalized spacial score (nSPS) is 15.0. The highest BCUT2D eigenvalue weighted by molar-refractivity contribution is 7.09. The average molecular weight is 482 g/mol. The number of aryl methyl sites for hydroxylation is 1. The Hall–Kier alpha value is -2.94. The molecule has 0 spiro atoms. The van der Waals surface area contributed by atoms with E-state index in [1.807, 2.05) is 48.7 Å². The quantitative estimate of drug-likeness (QED) is 0.475. The molecule has 1 aromatic heterocycles. The fourth-order valence-electron chi connectivity index (χ4n) is 3.89. The number of rotatable bonds is 10. The molecule has 0 radical (unpaired) electrons. The van der Waals surface area contributed by atoms with Crippen LogP contribution in [0.25, 0.3) is 0 Å². The topological polar surface area (TPSA) is 72.9 Å². The van der Waals surface area contributed by atoms with Gasteiger partial charge in [0.1, 0.15) is 23.1 Å². The SMILES string of the molecule is COc1ccc(C(CNC(=O)Cc2csc(COc3ccc(C)cc3)n2)N2CCOCC2)cc1. The molecule has 3 aromatic rings. The van der Waals surface area contributed by atoms with Crippen molar-refractivity contribution in [3.05, 3.63) is 75.7 Å². The predicted molar refractivity (Wildman–Crippen MR) is 132 cm³/mol. The number of hydrogen-bond acceptors (Lipinski definition) is 7. The summed E-state index contributed by atoms with van der Waals surface area (Å²) in [7, 11) is 1.66. The van der Waals surface area contributed by atoms with Gasteiger partial charge in [-0.15, -0.1) is 11.3 Å². The molecule has 34 heavy (non-hydrogen) atoms. The lowest BCUT2D eigenvalue weighted by atomic mass is 10.0. The molecule has 1 N–H and O–H groups in total. The number of benzene rings is 2. The van der Waals surface area contributed by atoms with Crippen LogP contribution in [0.15, 0.2) is 53.9 Å². The first-order valence-electron chi connectivity index (χ1n) is 11.5. The van der Waals surface area contributed by atoms with E-state index in [-0.39, 0.29) is 18.4 Å². The van der Waals surface area contributed by atoms with E-state index in [1.54, 1.807) is 7.11 Å². The number of amides is 1. The molecule has 4 rings (SSSR count). The van der Waals surface area contributed by atoms with Crippen molar-refractivity contribution in [3.63, 3.8) is 0 Å². The van der Waals surface area contributed by atoms with Crippen LogP contribution in [0.4, 0.5) is 0 Å². The highest BCUT2D eigenvalue weighted by Crippen LogP contribution is 2.24. The van der Waals surface area contributed by atoms with Gasteiger partial charge in [0.15, 0.2) is 0 Å². The molecule has 1 saturated heterocycles. The zero-order valence-electron chi connectivity index (χ0n) is 19.7. The molecule has 1 aliphatic heterocycles. The molecule has 8 heteroatoms. The van der Waals surface area contributed by atoms with Crippen LogP contribution in [0.3, 0.4) is 0 Å². The Morgan fingerprint density at radius 1 is 1.12 bits per heavy atom. The standard InChI is InChI=1S/C26H31N3O4S/c1-19-3-7-23(8-4-19)33-17-26-28-21(18-34-26)15-25(30)27-16-24(29-11-13-32-14-12-29)20-5-9-22(31-2)10-6-20/h3-10,18,24H,11-17H2,1-2H3,(H,27,30). The summed E-state index contributed by atoms with van der Waals surface area (Å²) in [5.41, 5.74) is 3.10. The van der Waals surface area contributed by atoms with E-state index in [0.29, 0.717) is 26.4 Å². The predicted octanol–water partition coefficient (Wildman–Crippen LogP) is 3.77. The minimum Gasteiger partial charge on any atom is -0.497 e. The van der Waals surface area contributed by atoms with E-state index >= 15 is 0 Å². The third-order valence-corrected chi connectivity index (χ3v) is 6.68. The number of nitrogens with zero attached hydrogens (tertiary/aromatic N) is 2. The molecule has 180 valence electrons. The second kappa shape index (κ2) is 12.0. The molecule has 1 fully saturated rings. The third-order valence-electron chi connectivity index (χ3n) is 5.80. The summed E-state index contributed by atoms with van der Waals surface area (Å²) in [5, 5.41) is 5.89. The van der Waals surface area contributed by atoms with E-state index in [0.717, 1.165) is 40.9 Å². The first kappa shape index (κ1) is 24.2. The van der Waals surface area contributed by atoms with Crippen molar-refractivity contribution in [1.82, 2.24) is 15.2 Å². The van der Waals surface area contributed by atoms with Crippen LogP contribution < -0.4 is 14.8 Å². The second-order valence-corrected chi connectivity index (χ2v) is 9.20. The molecule has 2 heterocycles. The van der Waals surface area contributed by atoms with Crippen LogP contribution in [-0.4, -0.2) is 55.7 Å². The molecule has 1 aliphatic rings. The van der Waals surface area contributed by atoms with Crippen LogP contribution in [0, 0.1) is 6.92 Å². The molecule has 2 aromatic carbocycles. The molecular weight excluding hydrogens is 450 g/mol. The van der Waals surface area contributed by atoms with Crippen LogP contribution in [-0.2, 0) is 22.6 Å². The number of nitrogens with one attached hydrogen (secondary N) is 1. The van der Waals surface area contributed by atoms with Gasteiger partial charge in [0.05, 0.1) is 38.5 Å². The monoisotopic (exact) mass is 481 g/mol. The van der Waals surface area contributed by atoms with E-state index in [1.165, 1.54) is 16.9 Å². The number of hydrogen-bond donors (Lipinski definition) is 1. The number of aromatic nitrogens is 1. The smallest absolute Gasteiger partial charge is 0.226 e. The van der Waals surface area contributed by atoms with Gasteiger partial charge < -0.3 is 19.5 Å². The summed E-state index contributed by atoms with van der Waals surface area (Å²) >= 11 is 1.51. The van der Waals surface area contributed by atoms with Crippen molar-refractivity contribution in [3.8, 4) is 11.5 Å². The zero-order valence-corrected chi connectivity index (χ0v) is 20.5. The highest BCUT2D eigenvalue weighted by Gasteiger charge is 2.23. The van der Waals surface area contributed by atoms with Gasteiger partial charge in [-0.2, -0.15) is 0 Å².